The van der Waals surface area contributed by atoms with E-state index in [0.29, 0.717) is 38.1 Å². The van der Waals surface area contributed by atoms with Gasteiger partial charge in [-0.05, 0) is 42.9 Å². The summed E-state index contributed by atoms with van der Waals surface area (Å²) in [6.45, 7) is 2.10. The Morgan fingerprint density at radius 3 is 2.94 bits per heavy atom. The van der Waals surface area contributed by atoms with Crippen molar-refractivity contribution < 1.29 is 18.7 Å². The van der Waals surface area contributed by atoms with Gasteiger partial charge in [-0.25, -0.2) is 9.37 Å². The molecule has 0 unspecified atom stereocenters. The summed E-state index contributed by atoms with van der Waals surface area (Å²) in [6.07, 6.45) is 7.10. The van der Waals surface area contributed by atoms with Crippen molar-refractivity contribution in [2.24, 2.45) is 0 Å². The molecule has 1 fully saturated rings. The zero-order valence-electron chi connectivity index (χ0n) is 18.1. The van der Waals surface area contributed by atoms with Gasteiger partial charge in [0.25, 0.3) is 0 Å². The van der Waals surface area contributed by atoms with Crippen molar-refractivity contribution >= 4 is 11.6 Å². The minimum atomic E-state index is -0.194. The fourth-order valence-electron chi connectivity index (χ4n) is 4.83. The molecule has 9 heteroatoms. The van der Waals surface area contributed by atoms with Crippen molar-refractivity contribution in [3.63, 3.8) is 0 Å². The van der Waals surface area contributed by atoms with E-state index in [9.17, 15) is 9.18 Å². The second kappa shape index (κ2) is 8.82. The molecule has 2 aliphatic rings. The lowest BCUT2D eigenvalue weighted by atomic mass is 9.90. The first-order valence-electron chi connectivity index (χ1n) is 11.0. The number of piperidine rings is 1. The molecule has 2 aromatic heterocycles. The van der Waals surface area contributed by atoms with E-state index in [1.165, 1.54) is 13.2 Å². The van der Waals surface area contributed by atoms with E-state index >= 15 is 0 Å². The molecule has 0 N–H and O–H groups in total. The minimum absolute atomic E-state index is 0.0251. The highest BCUT2D eigenvalue weighted by Crippen LogP contribution is 2.32. The van der Waals surface area contributed by atoms with Gasteiger partial charge in [0.15, 0.2) is 5.65 Å². The van der Waals surface area contributed by atoms with Crippen LogP contribution < -0.4 is 4.74 Å². The highest BCUT2D eigenvalue weighted by atomic mass is 19.1. The number of hydrogen-bond acceptors (Lipinski definition) is 6. The van der Waals surface area contributed by atoms with Gasteiger partial charge in [-0.15, -0.1) is 10.2 Å². The van der Waals surface area contributed by atoms with Crippen molar-refractivity contribution in [3.8, 4) is 5.75 Å². The second-order valence-corrected chi connectivity index (χ2v) is 8.34. The Hall–Kier alpha value is -3.07. The number of ether oxygens (including phenoxy) is 2. The third-order valence-electron chi connectivity index (χ3n) is 6.53. The van der Waals surface area contributed by atoms with Gasteiger partial charge < -0.3 is 14.4 Å². The quantitative estimate of drug-likeness (QED) is 0.587. The molecular weight excluding hydrogens is 413 g/mol. The molecule has 8 nitrogen and oxygen atoms in total. The summed E-state index contributed by atoms with van der Waals surface area (Å²) in [5.41, 5.74) is 3.51. The van der Waals surface area contributed by atoms with Crippen LogP contribution in [0, 0.1) is 5.82 Å². The van der Waals surface area contributed by atoms with E-state index in [2.05, 4.69) is 10.2 Å². The maximum atomic E-state index is 14.5. The van der Waals surface area contributed by atoms with Crippen LogP contribution >= 0.6 is 0 Å². The average Bonchev–Trinajstić information content (AvgIpc) is 3.49. The molecule has 0 saturated carbocycles. The molecule has 1 saturated heterocycles. The molecule has 1 amide bonds. The number of likely N-dealkylation sites (tertiary alicyclic amines) is 1. The standard InChI is InChI=1S/C23H26FN5O3/c1-31-13-22(30)28-9-6-15(7-10-28)18-12-25-21(29-14-26-27-23(18)29)5-2-16-17-8-11-32-20(17)4-3-19(16)24/h3-4,12,14-15H,2,5-11,13H2,1H3. The second-order valence-electron chi connectivity index (χ2n) is 8.34. The molecule has 32 heavy (non-hydrogen) atoms. The number of methoxy groups -OCH3 is 1. The van der Waals surface area contributed by atoms with Crippen LogP contribution in [-0.2, 0) is 28.8 Å². The van der Waals surface area contributed by atoms with Crippen LogP contribution in [0.15, 0.2) is 24.7 Å². The summed E-state index contributed by atoms with van der Waals surface area (Å²) in [5, 5.41) is 8.46. The Balaban J connectivity index is 1.33. The lowest BCUT2D eigenvalue weighted by Gasteiger charge is -2.32. The number of nitrogens with zero attached hydrogens (tertiary/aromatic N) is 5. The molecule has 3 aromatic rings. The van der Waals surface area contributed by atoms with Crippen molar-refractivity contribution in [1.82, 2.24) is 24.5 Å². The van der Waals surface area contributed by atoms with Gasteiger partial charge in [0, 0.05) is 50.4 Å². The Kier molecular flexibility index (Phi) is 5.73. The highest BCUT2D eigenvalue weighted by Gasteiger charge is 2.26. The third-order valence-corrected chi connectivity index (χ3v) is 6.53. The van der Waals surface area contributed by atoms with Crippen LogP contribution in [0.1, 0.15) is 41.3 Å². The summed E-state index contributed by atoms with van der Waals surface area (Å²) in [7, 11) is 1.53. The zero-order chi connectivity index (χ0) is 22.1. The largest absolute Gasteiger partial charge is 0.493 e. The summed E-state index contributed by atoms with van der Waals surface area (Å²) in [4.78, 5) is 18.6. The Morgan fingerprint density at radius 1 is 1.28 bits per heavy atom. The van der Waals surface area contributed by atoms with Gasteiger partial charge in [0.2, 0.25) is 5.91 Å². The number of fused-ring (bicyclic) bond motifs is 2. The Labute approximate surface area is 185 Å². The number of aryl methyl sites for hydroxylation is 1. The van der Waals surface area contributed by atoms with E-state index in [0.717, 1.165) is 47.6 Å². The van der Waals surface area contributed by atoms with Gasteiger partial charge in [-0.2, -0.15) is 0 Å². The molecule has 0 aliphatic carbocycles. The van der Waals surface area contributed by atoms with Gasteiger partial charge >= 0.3 is 0 Å². The van der Waals surface area contributed by atoms with Crippen molar-refractivity contribution in [2.75, 3.05) is 33.4 Å². The first-order valence-corrected chi connectivity index (χ1v) is 11.0. The first-order chi connectivity index (χ1) is 15.7. The van der Waals surface area contributed by atoms with Gasteiger partial charge in [0.1, 0.15) is 30.3 Å². The number of rotatable bonds is 6. The van der Waals surface area contributed by atoms with E-state index < -0.39 is 0 Å². The number of carbonyl (C=O) groups excluding carboxylic acids is 1. The number of halogens is 1. The fourth-order valence-corrected chi connectivity index (χ4v) is 4.83. The molecule has 4 heterocycles. The summed E-state index contributed by atoms with van der Waals surface area (Å²) in [6, 6.07) is 3.19. The number of carbonyl (C=O) groups is 1. The van der Waals surface area contributed by atoms with Gasteiger partial charge in [-0.1, -0.05) is 0 Å². The van der Waals surface area contributed by atoms with Gasteiger partial charge in [-0.3, -0.25) is 9.20 Å². The highest BCUT2D eigenvalue weighted by molar-refractivity contribution is 5.77. The minimum Gasteiger partial charge on any atom is -0.493 e. The summed E-state index contributed by atoms with van der Waals surface area (Å²) >= 11 is 0. The van der Waals surface area contributed by atoms with Gasteiger partial charge in [0.05, 0.1) is 6.61 Å². The summed E-state index contributed by atoms with van der Waals surface area (Å²) < 4.78 is 27.0. The topological polar surface area (TPSA) is 81.8 Å². The van der Waals surface area contributed by atoms with Crippen molar-refractivity contribution in [3.05, 3.63) is 53.0 Å². The smallest absolute Gasteiger partial charge is 0.248 e. The fraction of sp³-hybridized carbons (Fsp3) is 0.478. The maximum absolute atomic E-state index is 14.5. The van der Waals surface area contributed by atoms with Crippen LogP contribution in [-0.4, -0.2) is 63.8 Å². The lowest BCUT2D eigenvalue weighted by molar-refractivity contribution is -0.136. The Morgan fingerprint density at radius 2 is 2.12 bits per heavy atom. The van der Waals surface area contributed by atoms with E-state index in [-0.39, 0.29) is 24.2 Å². The molecule has 0 atom stereocenters. The van der Waals surface area contributed by atoms with Crippen LogP contribution in [0.4, 0.5) is 4.39 Å². The molecular formula is C23H26FN5O3. The van der Waals surface area contributed by atoms with E-state index in [1.54, 1.807) is 12.4 Å². The maximum Gasteiger partial charge on any atom is 0.248 e. The molecule has 0 spiro atoms. The Bertz CT molecular complexity index is 1140. The third kappa shape index (κ3) is 3.81. The van der Waals surface area contributed by atoms with Crippen LogP contribution in [0.5, 0.6) is 5.75 Å². The molecule has 2 aliphatic heterocycles. The lowest BCUT2D eigenvalue weighted by Crippen LogP contribution is -2.39. The number of benzene rings is 1. The van der Waals surface area contributed by atoms with E-state index in [1.807, 2.05) is 15.5 Å². The number of hydrogen-bond donors (Lipinski definition) is 0. The van der Waals surface area contributed by atoms with Crippen molar-refractivity contribution in [2.45, 2.75) is 38.0 Å². The number of amides is 1. The molecule has 168 valence electrons. The predicted molar refractivity (Wildman–Crippen MR) is 114 cm³/mol. The van der Waals surface area contributed by atoms with Crippen LogP contribution in [0.25, 0.3) is 5.65 Å². The molecule has 1 aromatic carbocycles. The van der Waals surface area contributed by atoms with Crippen LogP contribution in [0.2, 0.25) is 0 Å². The molecule has 0 bridgehead atoms. The summed E-state index contributed by atoms with van der Waals surface area (Å²) in [5.74, 6) is 1.69. The monoisotopic (exact) mass is 439 g/mol. The predicted octanol–water partition coefficient (Wildman–Crippen LogP) is 2.34. The molecule has 0 radical (unpaired) electrons. The SMILES string of the molecule is COCC(=O)N1CCC(c2cnc(CCc3c(F)ccc4c3CCO4)n3cnnc23)CC1. The van der Waals surface area contributed by atoms with E-state index in [4.69, 9.17) is 14.5 Å². The zero-order valence-corrected chi connectivity index (χ0v) is 18.1. The number of aromatic nitrogens is 4. The average molecular weight is 439 g/mol. The molecule has 5 rings (SSSR count). The van der Waals surface area contributed by atoms with Crippen LogP contribution in [0.3, 0.4) is 0 Å². The van der Waals surface area contributed by atoms with Crippen molar-refractivity contribution in [1.29, 1.82) is 0 Å². The normalized spacial score (nSPS) is 16.4. The first kappa shape index (κ1) is 20.8.